The van der Waals surface area contributed by atoms with E-state index in [1.807, 2.05) is 12.1 Å². The zero-order valence-corrected chi connectivity index (χ0v) is 13.2. The number of hydrogen-bond acceptors (Lipinski definition) is 3. The number of hydrogen-bond donors (Lipinski definition) is 1. The number of rotatable bonds is 6. The van der Waals surface area contributed by atoms with Gasteiger partial charge in [0.25, 0.3) is 0 Å². The molecule has 1 N–H and O–H groups in total. The van der Waals surface area contributed by atoms with Crippen molar-refractivity contribution in [3.05, 3.63) is 22.8 Å². The molecule has 112 valence electrons. The number of nitrogens with one attached hydrogen (secondary N) is 1. The largest absolute Gasteiger partial charge is 0.477 e. The van der Waals surface area contributed by atoms with Gasteiger partial charge in [-0.2, -0.15) is 0 Å². The standard InChI is InChI=1S/C16H25ClN2O/c1-12(2)18-10-15-14(17)8-9-16(19-15)20-11-13-6-4-3-5-7-13/h8-9,12-13,18H,3-7,10-11H2,1-2H3. The topological polar surface area (TPSA) is 34.2 Å². The van der Waals surface area contributed by atoms with E-state index in [2.05, 4.69) is 24.1 Å². The Morgan fingerprint density at radius 1 is 1.30 bits per heavy atom. The number of pyridine rings is 1. The van der Waals surface area contributed by atoms with Crippen molar-refractivity contribution in [2.45, 2.75) is 58.5 Å². The first-order valence-corrected chi connectivity index (χ1v) is 8.04. The zero-order chi connectivity index (χ0) is 14.4. The molecule has 0 amide bonds. The van der Waals surface area contributed by atoms with Crippen molar-refractivity contribution in [1.82, 2.24) is 10.3 Å². The summed E-state index contributed by atoms with van der Waals surface area (Å²) in [5.41, 5.74) is 0.863. The van der Waals surface area contributed by atoms with E-state index in [1.165, 1.54) is 32.1 Å². The molecule has 2 rings (SSSR count). The van der Waals surface area contributed by atoms with E-state index in [9.17, 15) is 0 Å². The summed E-state index contributed by atoms with van der Waals surface area (Å²) in [6.45, 7) is 5.68. The molecule has 1 saturated carbocycles. The molecule has 1 aliphatic carbocycles. The van der Waals surface area contributed by atoms with Crippen molar-refractivity contribution in [2.75, 3.05) is 6.61 Å². The lowest BCUT2D eigenvalue weighted by atomic mass is 9.90. The summed E-state index contributed by atoms with van der Waals surface area (Å²) < 4.78 is 5.85. The van der Waals surface area contributed by atoms with Crippen LogP contribution in [0.2, 0.25) is 5.02 Å². The summed E-state index contributed by atoms with van der Waals surface area (Å²) in [5, 5.41) is 4.03. The van der Waals surface area contributed by atoms with Crippen LogP contribution in [0.25, 0.3) is 0 Å². The highest BCUT2D eigenvalue weighted by molar-refractivity contribution is 6.31. The third-order valence-electron chi connectivity index (χ3n) is 3.76. The van der Waals surface area contributed by atoms with Crippen LogP contribution in [0.5, 0.6) is 5.88 Å². The van der Waals surface area contributed by atoms with Crippen LogP contribution in [0.3, 0.4) is 0 Å². The van der Waals surface area contributed by atoms with Gasteiger partial charge in [-0.1, -0.05) is 44.7 Å². The predicted octanol–water partition coefficient (Wildman–Crippen LogP) is 4.19. The summed E-state index contributed by atoms with van der Waals surface area (Å²) in [4.78, 5) is 4.51. The summed E-state index contributed by atoms with van der Waals surface area (Å²) in [6.07, 6.45) is 6.63. The second-order valence-corrected chi connectivity index (χ2v) is 6.34. The van der Waals surface area contributed by atoms with Gasteiger partial charge in [0, 0.05) is 18.7 Å². The second-order valence-electron chi connectivity index (χ2n) is 5.93. The van der Waals surface area contributed by atoms with Crippen LogP contribution >= 0.6 is 11.6 Å². The molecule has 4 heteroatoms. The van der Waals surface area contributed by atoms with E-state index >= 15 is 0 Å². The SMILES string of the molecule is CC(C)NCc1nc(OCC2CCCCC2)ccc1Cl. The molecule has 0 aliphatic heterocycles. The van der Waals surface area contributed by atoms with Crippen molar-refractivity contribution in [2.24, 2.45) is 5.92 Å². The molecule has 1 aromatic rings. The maximum Gasteiger partial charge on any atom is 0.213 e. The minimum atomic E-state index is 0.416. The zero-order valence-electron chi connectivity index (χ0n) is 12.5. The van der Waals surface area contributed by atoms with Gasteiger partial charge in [0.2, 0.25) is 5.88 Å². The predicted molar refractivity (Wildman–Crippen MR) is 83.3 cm³/mol. The van der Waals surface area contributed by atoms with Crippen molar-refractivity contribution in [1.29, 1.82) is 0 Å². The molecule has 0 aromatic carbocycles. The van der Waals surface area contributed by atoms with E-state index in [1.54, 1.807) is 0 Å². The molecule has 3 nitrogen and oxygen atoms in total. The fourth-order valence-corrected chi connectivity index (χ4v) is 2.70. The Morgan fingerprint density at radius 3 is 2.75 bits per heavy atom. The molecule has 1 aromatic heterocycles. The Labute approximate surface area is 127 Å². The summed E-state index contributed by atoms with van der Waals surface area (Å²) in [7, 11) is 0. The molecule has 0 bridgehead atoms. The number of ether oxygens (including phenoxy) is 1. The van der Waals surface area contributed by atoms with Crippen molar-refractivity contribution < 1.29 is 4.74 Å². The molecular weight excluding hydrogens is 272 g/mol. The van der Waals surface area contributed by atoms with Crippen LogP contribution in [0.4, 0.5) is 0 Å². The molecule has 1 aliphatic rings. The lowest BCUT2D eigenvalue weighted by Crippen LogP contribution is -2.23. The minimum Gasteiger partial charge on any atom is -0.477 e. The lowest BCUT2D eigenvalue weighted by molar-refractivity contribution is 0.202. The normalized spacial score (nSPS) is 16.6. The molecule has 1 fully saturated rings. The Morgan fingerprint density at radius 2 is 2.05 bits per heavy atom. The highest BCUT2D eigenvalue weighted by Crippen LogP contribution is 2.25. The van der Waals surface area contributed by atoms with Gasteiger partial charge in [-0.05, 0) is 24.8 Å². The Bertz CT molecular complexity index is 417. The van der Waals surface area contributed by atoms with Crippen LogP contribution in [0, 0.1) is 5.92 Å². The van der Waals surface area contributed by atoms with Crippen molar-refractivity contribution in [3.63, 3.8) is 0 Å². The molecule has 0 radical (unpaired) electrons. The van der Waals surface area contributed by atoms with Gasteiger partial charge < -0.3 is 10.1 Å². The van der Waals surface area contributed by atoms with Gasteiger partial charge in [0.15, 0.2) is 0 Å². The lowest BCUT2D eigenvalue weighted by Gasteiger charge is -2.21. The maximum atomic E-state index is 6.17. The third kappa shape index (κ3) is 4.95. The quantitative estimate of drug-likeness (QED) is 0.854. The van der Waals surface area contributed by atoms with Gasteiger partial charge in [0.1, 0.15) is 0 Å². The van der Waals surface area contributed by atoms with E-state index < -0.39 is 0 Å². The molecule has 0 atom stereocenters. The fraction of sp³-hybridized carbons (Fsp3) is 0.688. The van der Waals surface area contributed by atoms with E-state index in [4.69, 9.17) is 16.3 Å². The Balaban J connectivity index is 1.89. The average Bonchev–Trinajstić information content (AvgIpc) is 2.46. The average molecular weight is 297 g/mol. The third-order valence-corrected chi connectivity index (χ3v) is 4.11. The van der Waals surface area contributed by atoms with Crippen molar-refractivity contribution >= 4 is 11.6 Å². The smallest absolute Gasteiger partial charge is 0.213 e. The summed E-state index contributed by atoms with van der Waals surface area (Å²) in [5.74, 6) is 1.39. The van der Waals surface area contributed by atoms with Crippen LogP contribution in [0.15, 0.2) is 12.1 Å². The minimum absolute atomic E-state index is 0.416. The van der Waals surface area contributed by atoms with Crippen molar-refractivity contribution in [3.8, 4) is 5.88 Å². The van der Waals surface area contributed by atoms with Crippen LogP contribution in [0.1, 0.15) is 51.6 Å². The molecular formula is C16H25ClN2O. The number of aromatic nitrogens is 1. The first-order valence-electron chi connectivity index (χ1n) is 7.66. The van der Waals surface area contributed by atoms with Crippen LogP contribution < -0.4 is 10.1 Å². The highest BCUT2D eigenvalue weighted by atomic mass is 35.5. The first kappa shape index (κ1) is 15.6. The second kappa shape index (κ2) is 7.84. The van der Waals surface area contributed by atoms with E-state index in [-0.39, 0.29) is 0 Å². The Kier molecular flexibility index (Phi) is 6.11. The van der Waals surface area contributed by atoms with Crippen LogP contribution in [-0.4, -0.2) is 17.6 Å². The Hall–Kier alpha value is -0.800. The van der Waals surface area contributed by atoms with E-state index in [0.717, 1.165) is 12.3 Å². The molecule has 0 spiro atoms. The summed E-state index contributed by atoms with van der Waals surface area (Å²) >= 11 is 6.17. The van der Waals surface area contributed by atoms with Crippen LogP contribution in [-0.2, 0) is 6.54 Å². The van der Waals surface area contributed by atoms with Gasteiger partial charge in [-0.15, -0.1) is 0 Å². The molecule has 1 heterocycles. The molecule has 20 heavy (non-hydrogen) atoms. The molecule has 0 unspecified atom stereocenters. The fourth-order valence-electron chi connectivity index (χ4n) is 2.53. The number of halogens is 1. The maximum absolute atomic E-state index is 6.17. The van der Waals surface area contributed by atoms with Gasteiger partial charge in [-0.3, -0.25) is 0 Å². The first-order chi connectivity index (χ1) is 9.65. The van der Waals surface area contributed by atoms with Gasteiger partial charge >= 0.3 is 0 Å². The van der Waals surface area contributed by atoms with Gasteiger partial charge in [0.05, 0.1) is 17.3 Å². The highest BCUT2D eigenvalue weighted by Gasteiger charge is 2.14. The summed E-state index contributed by atoms with van der Waals surface area (Å²) in [6, 6.07) is 4.16. The number of nitrogens with zero attached hydrogens (tertiary/aromatic N) is 1. The monoisotopic (exact) mass is 296 g/mol. The van der Waals surface area contributed by atoms with E-state index in [0.29, 0.717) is 29.4 Å². The molecule has 0 saturated heterocycles. The van der Waals surface area contributed by atoms with Gasteiger partial charge in [-0.25, -0.2) is 4.98 Å².